The molecule has 2 amide bonds. The first-order valence-electron chi connectivity index (χ1n) is 9.27. The normalized spacial score (nSPS) is 13.9. The summed E-state index contributed by atoms with van der Waals surface area (Å²) in [5, 5.41) is 5.96. The van der Waals surface area contributed by atoms with E-state index in [0.29, 0.717) is 35.7 Å². The Balaban J connectivity index is 1.51. The topological polar surface area (TPSA) is 75.7 Å². The van der Waals surface area contributed by atoms with Crippen LogP contribution >= 0.6 is 0 Å². The lowest BCUT2D eigenvalue weighted by molar-refractivity contribution is 0.122. The van der Waals surface area contributed by atoms with E-state index in [1.807, 2.05) is 6.07 Å². The second-order valence-corrected chi connectivity index (χ2v) is 6.61. The highest BCUT2D eigenvalue weighted by atomic mass is 19.1. The number of anilines is 3. The number of morpholine rings is 1. The van der Waals surface area contributed by atoms with Gasteiger partial charge in [-0.15, -0.1) is 0 Å². The third kappa shape index (κ3) is 4.38. The van der Waals surface area contributed by atoms with Gasteiger partial charge in [-0.1, -0.05) is 6.07 Å². The number of pyridine rings is 1. The number of aromatic nitrogens is 1. The Labute approximate surface area is 167 Å². The van der Waals surface area contributed by atoms with Gasteiger partial charge < -0.3 is 25.0 Å². The molecule has 0 radical (unpaired) electrons. The average Bonchev–Trinajstić information content (AvgIpc) is 2.74. The third-order valence-electron chi connectivity index (χ3n) is 4.65. The summed E-state index contributed by atoms with van der Waals surface area (Å²) in [5.41, 5.74) is 1.18. The van der Waals surface area contributed by atoms with E-state index in [4.69, 9.17) is 9.47 Å². The Morgan fingerprint density at radius 3 is 2.69 bits per heavy atom. The number of rotatable bonds is 4. The van der Waals surface area contributed by atoms with Gasteiger partial charge in [-0.25, -0.2) is 14.2 Å². The first kappa shape index (κ1) is 18.9. The quantitative estimate of drug-likeness (QED) is 0.700. The summed E-state index contributed by atoms with van der Waals surface area (Å²) in [7, 11) is 1.55. The zero-order chi connectivity index (χ0) is 20.2. The van der Waals surface area contributed by atoms with Gasteiger partial charge in [0.2, 0.25) is 0 Å². The maximum absolute atomic E-state index is 14.7. The van der Waals surface area contributed by atoms with Crippen molar-refractivity contribution >= 4 is 34.1 Å². The maximum Gasteiger partial charge on any atom is 0.323 e. The van der Waals surface area contributed by atoms with Crippen molar-refractivity contribution in [3.05, 3.63) is 54.3 Å². The minimum Gasteiger partial charge on any atom is -0.497 e. The first-order valence-corrected chi connectivity index (χ1v) is 9.27. The van der Waals surface area contributed by atoms with Crippen LogP contribution in [0, 0.1) is 5.82 Å². The Morgan fingerprint density at radius 2 is 1.90 bits per heavy atom. The number of hydrogen-bond donors (Lipinski definition) is 2. The molecule has 7 nitrogen and oxygen atoms in total. The minimum atomic E-state index is -0.491. The summed E-state index contributed by atoms with van der Waals surface area (Å²) in [4.78, 5) is 18.8. The minimum absolute atomic E-state index is 0.271. The van der Waals surface area contributed by atoms with Crippen molar-refractivity contribution in [1.82, 2.24) is 4.98 Å². The Bertz CT molecular complexity index is 1040. The number of nitrogens with zero attached hydrogens (tertiary/aromatic N) is 2. The summed E-state index contributed by atoms with van der Waals surface area (Å²) < 4.78 is 25.2. The Kier molecular flexibility index (Phi) is 5.44. The number of benzene rings is 2. The summed E-state index contributed by atoms with van der Waals surface area (Å²) in [6.45, 7) is 2.72. The Hall–Kier alpha value is -3.39. The second kappa shape index (κ2) is 8.32. The molecule has 0 aliphatic carbocycles. The first-order chi connectivity index (χ1) is 14.1. The molecule has 1 saturated heterocycles. The molecular weight excluding hydrogens is 375 g/mol. The molecule has 4 rings (SSSR count). The van der Waals surface area contributed by atoms with Crippen molar-refractivity contribution in [2.75, 3.05) is 48.9 Å². The molecule has 2 aromatic carbocycles. The fourth-order valence-electron chi connectivity index (χ4n) is 3.22. The van der Waals surface area contributed by atoms with Crippen LogP contribution in [-0.2, 0) is 4.74 Å². The number of halogens is 1. The van der Waals surface area contributed by atoms with Crippen molar-refractivity contribution in [2.45, 2.75) is 0 Å². The lowest BCUT2D eigenvalue weighted by Crippen LogP contribution is -2.36. The highest BCUT2D eigenvalue weighted by molar-refractivity contribution is 6.01. The van der Waals surface area contributed by atoms with Gasteiger partial charge >= 0.3 is 6.03 Å². The lowest BCUT2D eigenvalue weighted by atomic mass is 10.2. The molecule has 29 heavy (non-hydrogen) atoms. The highest BCUT2D eigenvalue weighted by Crippen LogP contribution is 2.25. The van der Waals surface area contributed by atoms with E-state index in [1.54, 1.807) is 43.5 Å². The van der Waals surface area contributed by atoms with Crippen LogP contribution in [0.1, 0.15) is 0 Å². The predicted octanol–water partition coefficient (Wildman–Crippen LogP) is 3.86. The molecule has 3 aromatic rings. The van der Waals surface area contributed by atoms with Crippen LogP contribution in [0.3, 0.4) is 0 Å². The zero-order valence-corrected chi connectivity index (χ0v) is 15.9. The van der Waals surface area contributed by atoms with Gasteiger partial charge in [-0.2, -0.15) is 0 Å². The van der Waals surface area contributed by atoms with Gasteiger partial charge in [0.25, 0.3) is 0 Å². The second-order valence-electron chi connectivity index (χ2n) is 6.61. The number of hydrogen-bond acceptors (Lipinski definition) is 5. The summed E-state index contributed by atoms with van der Waals surface area (Å²) in [5.74, 6) is 0.854. The lowest BCUT2D eigenvalue weighted by Gasteiger charge is -2.28. The molecule has 0 spiro atoms. The summed E-state index contributed by atoms with van der Waals surface area (Å²) >= 11 is 0. The van der Waals surface area contributed by atoms with Crippen LogP contribution in [0.15, 0.2) is 48.5 Å². The van der Waals surface area contributed by atoms with Crippen LogP contribution in [-0.4, -0.2) is 44.4 Å². The largest absolute Gasteiger partial charge is 0.497 e. The fourth-order valence-corrected chi connectivity index (χ4v) is 3.22. The molecule has 0 bridgehead atoms. The van der Waals surface area contributed by atoms with Crippen LogP contribution in [0.25, 0.3) is 10.9 Å². The standard InChI is InChI=1S/C21H21FN4O3/c1-28-17-4-2-3-15(12-17)23-21(27)24-16-11-14-5-6-19(25-20(14)18(22)13-16)26-7-9-29-10-8-26/h2-6,11-13H,7-10H2,1H3,(H2,23,24,27). The van der Waals surface area contributed by atoms with E-state index in [2.05, 4.69) is 20.5 Å². The van der Waals surface area contributed by atoms with Crippen LogP contribution in [0.5, 0.6) is 5.75 Å². The van der Waals surface area contributed by atoms with Gasteiger partial charge in [0.05, 0.1) is 20.3 Å². The molecule has 1 aliphatic rings. The molecule has 0 unspecified atom stereocenters. The molecule has 150 valence electrons. The average molecular weight is 396 g/mol. The van der Waals surface area contributed by atoms with E-state index >= 15 is 0 Å². The molecule has 1 aromatic heterocycles. The zero-order valence-electron chi connectivity index (χ0n) is 15.9. The summed E-state index contributed by atoms with van der Waals surface area (Å²) in [6.07, 6.45) is 0. The van der Waals surface area contributed by atoms with Crippen LogP contribution in [0.4, 0.5) is 26.4 Å². The maximum atomic E-state index is 14.7. The Morgan fingerprint density at radius 1 is 1.10 bits per heavy atom. The smallest absolute Gasteiger partial charge is 0.323 e. The van der Waals surface area contributed by atoms with E-state index in [0.717, 1.165) is 18.9 Å². The molecule has 2 N–H and O–H groups in total. The summed E-state index contributed by atoms with van der Waals surface area (Å²) in [6, 6.07) is 13.1. The van der Waals surface area contributed by atoms with E-state index in [-0.39, 0.29) is 5.52 Å². The van der Waals surface area contributed by atoms with E-state index < -0.39 is 11.8 Å². The number of nitrogens with one attached hydrogen (secondary N) is 2. The van der Waals surface area contributed by atoms with Crippen molar-refractivity contribution in [3.8, 4) is 5.75 Å². The predicted molar refractivity (Wildman–Crippen MR) is 110 cm³/mol. The number of ether oxygens (including phenoxy) is 2. The van der Waals surface area contributed by atoms with Crippen LogP contribution in [0.2, 0.25) is 0 Å². The molecular formula is C21H21FN4O3. The molecule has 8 heteroatoms. The monoisotopic (exact) mass is 396 g/mol. The van der Waals surface area contributed by atoms with E-state index in [9.17, 15) is 9.18 Å². The highest BCUT2D eigenvalue weighted by Gasteiger charge is 2.15. The van der Waals surface area contributed by atoms with Crippen molar-refractivity contribution < 1.29 is 18.7 Å². The molecule has 0 atom stereocenters. The van der Waals surface area contributed by atoms with Gasteiger partial charge in [0.15, 0.2) is 5.82 Å². The van der Waals surface area contributed by atoms with E-state index in [1.165, 1.54) is 6.07 Å². The number of methoxy groups -OCH3 is 1. The fraction of sp³-hybridized carbons (Fsp3) is 0.238. The number of amides is 2. The molecule has 0 saturated carbocycles. The number of carbonyl (C=O) groups is 1. The number of fused-ring (bicyclic) bond motifs is 1. The SMILES string of the molecule is COc1cccc(NC(=O)Nc2cc(F)c3nc(N4CCOCC4)ccc3c2)c1. The van der Waals surface area contributed by atoms with Crippen molar-refractivity contribution in [3.63, 3.8) is 0 Å². The van der Waals surface area contributed by atoms with Crippen molar-refractivity contribution in [2.24, 2.45) is 0 Å². The number of urea groups is 1. The molecule has 1 aliphatic heterocycles. The van der Waals surface area contributed by atoms with Gasteiger partial charge in [0, 0.05) is 35.9 Å². The molecule has 2 heterocycles. The van der Waals surface area contributed by atoms with Gasteiger partial charge in [-0.05, 0) is 36.4 Å². The van der Waals surface area contributed by atoms with Crippen molar-refractivity contribution in [1.29, 1.82) is 0 Å². The number of carbonyl (C=O) groups excluding carboxylic acids is 1. The van der Waals surface area contributed by atoms with Crippen LogP contribution < -0.4 is 20.3 Å². The molecule has 1 fully saturated rings. The van der Waals surface area contributed by atoms with Gasteiger partial charge in [0.1, 0.15) is 17.1 Å². The van der Waals surface area contributed by atoms with Gasteiger partial charge in [-0.3, -0.25) is 0 Å². The third-order valence-corrected chi connectivity index (χ3v) is 4.65.